The van der Waals surface area contributed by atoms with Crippen molar-refractivity contribution in [1.82, 2.24) is 15.6 Å². The first-order valence-electron chi connectivity index (χ1n) is 9.64. The smallest absolute Gasteiger partial charge is 0.219 e. The molecule has 0 aliphatic heterocycles. The van der Waals surface area contributed by atoms with Gasteiger partial charge in [-0.1, -0.05) is 0 Å². The van der Waals surface area contributed by atoms with E-state index in [1.807, 2.05) is 43.3 Å². The van der Waals surface area contributed by atoms with Crippen LogP contribution in [0.3, 0.4) is 0 Å². The number of ether oxygens (including phenoxy) is 2. The van der Waals surface area contributed by atoms with E-state index in [0.717, 1.165) is 42.0 Å². The normalized spacial score (nSPS) is 13.4. The zero-order valence-corrected chi connectivity index (χ0v) is 18.8. The number of aliphatic imine (C=N–C) groups is 1. The van der Waals surface area contributed by atoms with E-state index in [1.165, 1.54) is 12.8 Å². The maximum atomic E-state index is 5.85. The molecule has 2 N–H and O–H groups in total. The van der Waals surface area contributed by atoms with Gasteiger partial charge in [-0.25, -0.2) is 9.98 Å². The number of halogens is 1. The fraction of sp³-hybridized carbons (Fsp3) is 0.429. The highest BCUT2D eigenvalue weighted by Crippen LogP contribution is 2.27. The molecular formula is C21H29IN4O2. The van der Waals surface area contributed by atoms with Gasteiger partial charge >= 0.3 is 0 Å². The van der Waals surface area contributed by atoms with Crippen molar-refractivity contribution < 1.29 is 9.47 Å². The summed E-state index contributed by atoms with van der Waals surface area (Å²) >= 11 is 0. The Morgan fingerprint density at radius 1 is 1.11 bits per heavy atom. The number of guanidine groups is 1. The average molecular weight is 496 g/mol. The van der Waals surface area contributed by atoms with Gasteiger partial charge < -0.3 is 20.1 Å². The van der Waals surface area contributed by atoms with Gasteiger partial charge in [-0.2, -0.15) is 0 Å². The third-order valence-corrected chi connectivity index (χ3v) is 4.18. The maximum absolute atomic E-state index is 5.85. The molecule has 0 spiro atoms. The Labute approximate surface area is 184 Å². The highest BCUT2D eigenvalue weighted by Gasteiger charge is 2.21. The number of benzene rings is 1. The first kappa shape index (κ1) is 22.3. The molecule has 1 aliphatic rings. The lowest BCUT2D eigenvalue weighted by Gasteiger charge is -2.11. The molecule has 1 fully saturated rings. The first-order chi connectivity index (χ1) is 13.3. The monoisotopic (exact) mass is 496 g/mol. The molecule has 0 saturated heterocycles. The molecule has 7 heteroatoms. The second-order valence-electron chi connectivity index (χ2n) is 6.53. The topological polar surface area (TPSA) is 67.8 Å². The van der Waals surface area contributed by atoms with Crippen molar-refractivity contribution >= 4 is 29.9 Å². The Morgan fingerprint density at radius 3 is 2.54 bits per heavy atom. The molecule has 0 atom stereocenters. The zero-order valence-electron chi connectivity index (χ0n) is 16.5. The standard InChI is InChI=1S/C21H28N4O2.HI/c1-3-22-21(24-14-16-5-6-16)25-15-17-11-12-23-20(13-17)27-19-9-7-18(8-10-19)26-4-2;/h7-13,16H,3-6,14-15H2,1-2H3,(H2,22,24,25);1H. The Bertz CT molecular complexity index is 748. The van der Waals surface area contributed by atoms with Gasteiger partial charge in [0.1, 0.15) is 11.5 Å². The molecule has 1 aromatic heterocycles. The van der Waals surface area contributed by atoms with E-state index in [-0.39, 0.29) is 24.0 Å². The second kappa shape index (κ2) is 11.7. The van der Waals surface area contributed by atoms with E-state index in [1.54, 1.807) is 6.20 Å². The van der Waals surface area contributed by atoms with Gasteiger partial charge in [0.05, 0.1) is 13.2 Å². The summed E-state index contributed by atoms with van der Waals surface area (Å²) in [7, 11) is 0. The number of hydrogen-bond acceptors (Lipinski definition) is 4. The summed E-state index contributed by atoms with van der Waals surface area (Å²) in [5.74, 6) is 3.78. The quantitative estimate of drug-likeness (QED) is 0.307. The maximum Gasteiger partial charge on any atom is 0.219 e. The molecule has 2 aromatic rings. The molecular weight excluding hydrogens is 467 g/mol. The van der Waals surface area contributed by atoms with Gasteiger partial charge in [-0.05, 0) is 68.5 Å². The zero-order chi connectivity index (χ0) is 18.9. The minimum Gasteiger partial charge on any atom is -0.494 e. The van der Waals surface area contributed by atoms with E-state index in [4.69, 9.17) is 9.47 Å². The van der Waals surface area contributed by atoms with Crippen molar-refractivity contribution in [2.24, 2.45) is 10.9 Å². The van der Waals surface area contributed by atoms with Crippen molar-refractivity contribution in [3.05, 3.63) is 48.2 Å². The first-order valence-corrected chi connectivity index (χ1v) is 9.64. The Kier molecular flexibility index (Phi) is 9.33. The summed E-state index contributed by atoms with van der Waals surface area (Å²) in [6.45, 7) is 7.10. The second-order valence-corrected chi connectivity index (χ2v) is 6.53. The van der Waals surface area contributed by atoms with Gasteiger partial charge in [0.15, 0.2) is 5.96 Å². The Morgan fingerprint density at radius 2 is 1.86 bits per heavy atom. The largest absolute Gasteiger partial charge is 0.494 e. The van der Waals surface area contributed by atoms with E-state index in [9.17, 15) is 0 Å². The van der Waals surface area contributed by atoms with Gasteiger partial charge in [0, 0.05) is 25.4 Å². The van der Waals surface area contributed by atoms with Gasteiger partial charge in [0.2, 0.25) is 5.88 Å². The fourth-order valence-electron chi connectivity index (χ4n) is 2.57. The van der Waals surface area contributed by atoms with Crippen LogP contribution in [0.4, 0.5) is 0 Å². The molecule has 1 aromatic carbocycles. The summed E-state index contributed by atoms with van der Waals surface area (Å²) in [4.78, 5) is 8.95. The number of hydrogen-bond donors (Lipinski definition) is 2. The molecule has 152 valence electrons. The summed E-state index contributed by atoms with van der Waals surface area (Å²) in [5.41, 5.74) is 1.05. The van der Waals surface area contributed by atoms with Crippen LogP contribution >= 0.6 is 24.0 Å². The third kappa shape index (κ3) is 7.53. The SMILES string of the molecule is CCNC(=NCc1ccnc(Oc2ccc(OCC)cc2)c1)NCC1CC1.I. The number of nitrogens with zero attached hydrogens (tertiary/aromatic N) is 2. The lowest BCUT2D eigenvalue weighted by Crippen LogP contribution is -2.38. The summed E-state index contributed by atoms with van der Waals surface area (Å²) in [6, 6.07) is 11.4. The number of rotatable bonds is 9. The lowest BCUT2D eigenvalue weighted by molar-refractivity contribution is 0.339. The summed E-state index contributed by atoms with van der Waals surface area (Å²) in [6.07, 6.45) is 4.39. The molecule has 3 rings (SSSR count). The van der Waals surface area contributed by atoms with Gasteiger partial charge in [-0.15, -0.1) is 24.0 Å². The van der Waals surface area contributed by atoms with Crippen molar-refractivity contribution in [1.29, 1.82) is 0 Å². The van der Waals surface area contributed by atoms with Crippen LogP contribution in [0.1, 0.15) is 32.3 Å². The molecule has 6 nitrogen and oxygen atoms in total. The average Bonchev–Trinajstić information content (AvgIpc) is 3.51. The van der Waals surface area contributed by atoms with Crippen LogP contribution in [-0.2, 0) is 6.54 Å². The van der Waals surface area contributed by atoms with Crippen LogP contribution in [0.5, 0.6) is 17.4 Å². The third-order valence-electron chi connectivity index (χ3n) is 4.18. The molecule has 0 amide bonds. The molecule has 1 saturated carbocycles. The van der Waals surface area contributed by atoms with Gasteiger partial charge in [-0.3, -0.25) is 0 Å². The van der Waals surface area contributed by atoms with Crippen molar-refractivity contribution in [2.45, 2.75) is 33.2 Å². The number of pyridine rings is 1. The predicted molar refractivity (Wildman–Crippen MR) is 123 cm³/mol. The molecule has 0 bridgehead atoms. The van der Waals surface area contributed by atoms with Crippen LogP contribution in [0.2, 0.25) is 0 Å². The highest BCUT2D eigenvalue weighted by atomic mass is 127. The molecule has 0 unspecified atom stereocenters. The van der Waals surface area contributed by atoms with Crippen LogP contribution in [0.25, 0.3) is 0 Å². The number of aromatic nitrogens is 1. The Balaban J connectivity index is 0.00000280. The van der Waals surface area contributed by atoms with Crippen LogP contribution in [-0.4, -0.2) is 30.6 Å². The molecule has 28 heavy (non-hydrogen) atoms. The molecule has 0 radical (unpaired) electrons. The lowest BCUT2D eigenvalue weighted by atomic mass is 10.2. The predicted octanol–water partition coefficient (Wildman–Crippen LogP) is 4.36. The minimum atomic E-state index is 0. The van der Waals surface area contributed by atoms with Crippen LogP contribution < -0.4 is 20.1 Å². The van der Waals surface area contributed by atoms with E-state index in [2.05, 4.69) is 27.5 Å². The van der Waals surface area contributed by atoms with Crippen molar-refractivity contribution in [3.8, 4) is 17.4 Å². The fourth-order valence-corrected chi connectivity index (χ4v) is 2.57. The van der Waals surface area contributed by atoms with Crippen molar-refractivity contribution in [2.75, 3.05) is 19.7 Å². The van der Waals surface area contributed by atoms with Crippen LogP contribution in [0, 0.1) is 5.92 Å². The van der Waals surface area contributed by atoms with Crippen LogP contribution in [0.15, 0.2) is 47.6 Å². The number of nitrogens with one attached hydrogen (secondary N) is 2. The van der Waals surface area contributed by atoms with E-state index in [0.29, 0.717) is 19.0 Å². The summed E-state index contributed by atoms with van der Waals surface area (Å²) in [5, 5.41) is 6.69. The van der Waals surface area contributed by atoms with E-state index >= 15 is 0 Å². The Hall–Kier alpha value is -2.03. The van der Waals surface area contributed by atoms with E-state index < -0.39 is 0 Å². The molecule has 1 heterocycles. The summed E-state index contributed by atoms with van der Waals surface area (Å²) < 4.78 is 11.3. The minimum absolute atomic E-state index is 0. The highest BCUT2D eigenvalue weighted by molar-refractivity contribution is 14.0. The van der Waals surface area contributed by atoms with Crippen molar-refractivity contribution in [3.63, 3.8) is 0 Å². The molecule has 1 aliphatic carbocycles. The van der Waals surface area contributed by atoms with Gasteiger partial charge in [0.25, 0.3) is 0 Å².